The Labute approximate surface area is 123 Å². The molecular weight excluding hydrogens is 288 g/mol. The third kappa shape index (κ3) is 2.95. The van der Waals surface area contributed by atoms with Crippen LogP contribution in [0.3, 0.4) is 0 Å². The predicted octanol–water partition coefficient (Wildman–Crippen LogP) is 1.40. The average molecular weight is 306 g/mol. The molecule has 3 rings (SSSR count). The fraction of sp³-hybridized carbons (Fsp3) is 0.400. The van der Waals surface area contributed by atoms with E-state index in [1.807, 2.05) is 30.5 Å². The zero-order chi connectivity index (χ0) is 15.1. The van der Waals surface area contributed by atoms with Crippen molar-refractivity contribution in [3.63, 3.8) is 0 Å². The molecule has 1 aliphatic heterocycles. The van der Waals surface area contributed by atoms with E-state index in [1.54, 1.807) is 6.92 Å². The van der Waals surface area contributed by atoms with Gasteiger partial charge in [0.15, 0.2) is 9.84 Å². The van der Waals surface area contributed by atoms with Crippen LogP contribution in [0.1, 0.15) is 18.9 Å². The van der Waals surface area contributed by atoms with E-state index in [2.05, 4.69) is 10.3 Å². The van der Waals surface area contributed by atoms with Crippen LogP contribution in [0, 0.1) is 0 Å². The fourth-order valence-corrected chi connectivity index (χ4v) is 5.03. The van der Waals surface area contributed by atoms with Crippen LogP contribution in [-0.2, 0) is 21.1 Å². The zero-order valence-corrected chi connectivity index (χ0v) is 12.7. The topological polar surface area (TPSA) is 79.0 Å². The van der Waals surface area contributed by atoms with E-state index in [4.69, 9.17) is 0 Å². The molecule has 1 aromatic heterocycles. The Morgan fingerprint density at radius 1 is 1.38 bits per heavy atom. The van der Waals surface area contributed by atoms with Crippen molar-refractivity contribution in [2.45, 2.75) is 25.3 Å². The molecule has 2 N–H and O–H groups in total. The first-order valence-electron chi connectivity index (χ1n) is 6.93. The molecule has 1 aromatic carbocycles. The smallest absolute Gasteiger partial charge is 0.224 e. The van der Waals surface area contributed by atoms with Crippen molar-refractivity contribution < 1.29 is 13.2 Å². The number of nitrogens with one attached hydrogen (secondary N) is 2. The normalized spacial score (nSPS) is 24.2. The van der Waals surface area contributed by atoms with Gasteiger partial charge < -0.3 is 10.3 Å². The number of amides is 1. The van der Waals surface area contributed by atoms with E-state index in [9.17, 15) is 13.2 Å². The molecule has 0 radical (unpaired) electrons. The molecule has 5 nitrogen and oxygen atoms in total. The van der Waals surface area contributed by atoms with Crippen LogP contribution < -0.4 is 5.32 Å². The standard InChI is InChI=1S/C15H18N2O3S/c1-15(6-7-21(19,20)10-15)17-14(18)8-11-9-16-13-5-3-2-4-12(11)13/h2-5,9,16H,6-8,10H2,1H3,(H,17,18). The lowest BCUT2D eigenvalue weighted by atomic mass is 10.0. The molecule has 6 heteroatoms. The van der Waals surface area contributed by atoms with E-state index in [0.717, 1.165) is 16.5 Å². The Morgan fingerprint density at radius 2 is 2.14 bits per heavy atom. The second-order valence-corrected chi connectivity index (χ2v) is 8.17. The number of aromatic amines is 1. The summed E-state index contributed by atoms with van der Waals surface area (Å²) in [4.78, 5) is 15.3. The highest BCUT2D eigenvalue weighted by Crippen LogP contribution is 2.23. The van der Waals surface area contributed by atoms with E-state index in [-0.39, 0.29) is 23.8 Å². The Balaban J connectivity index is 1.73. The van der Waals surface area contributed by atoms with Crippen LogP contribution in [-0.4, -0.2) is 36.4 Å². The van der Waals surface area contributed by atoms with Crippen molar-refractivity contribution >= 4 is 26.6 Å². The number of benzene rings is 1. The number of hydrogen-bond donors (Lipinski definition) is 2. The molecule has 2 aromatic rings. The number of fused-ring (bicyclic) bond motifs is 1. The molecule has 1 atom stereocenters. The molecule has 112 valence electrons. The summed E-state index contributed by atoms with van der Waals surface area (Å²) in [5.74, 6) is 0.0376. The van der Waals surface area contributed by atoms with Gasteiger partial charge in [0.2, 0.25) is 5.91 Å². The summed E-state index contributed by atoms with van der Waals surface area (Å²) < 4.78 is 23.1. The summed E-state index contributed by atoms with van der Waals surface area (Å²) >= 11 is 0. The maximum atomic E-state index is 12.2. The molecule has 21 heavy (non-hydrogen) atoms. The van der Waals surface area contributed by atoms with Crippen LogP contribution >= 0.6 is 0 Å². The Kier molecular flexibility index (Phi) is 3.28. The summed E-state index contributed by atoms with van der Waals surface area (Å²) in [5, 5.41) is 3.91. The summed E-state index contributed by atoms with van der Waals surface area (Å²) in [6, 6.07) is 7.80. The number of rotatable bonds is 3. The number of aromatic nitrogens is 1. The van der Waals surface area contributed by atoms with Crippen LogP contribution in [0.25, 0.3) is 10.9 Å². The van der Waals surface area contributed by atoms with Gasteiger partial charge in [-0.3, -0.25) is 4.79 Å². The van der Waals surface area contributed by atoms with Gasteiger partial charge in [0.25, 0.3) is 0 Å². The zero-order valence-electron chi connectivity index (χ0n) is 11.8. The number of hydrogen-bond acceptors (Lipinski definition) is 3. The van der Waals surface area contributed by atoms with Crippen LogP contribution in [0.4, 0.5) is 0 Å². The molecule has 0 bridgehead atoms. The van der Waals surface area contributed by atoms with Gasteiger partial charge in [-0.15, -0.1) is 0 Å². The highest BCUT2D eigenvalue weighted by Gasteiger charge is 2.39. The lowest BCUT2D eigenvalue weighted by Gasteiger charge is -2.23. The second-order valence-electron chi connectivity index (χ2n) is 5.99. The first-order chi connectivity index (χ1) is 9.87. The van der Waals surface area contributed by atoms with Gasteiger partial charge >= 0.3 is 0 Å². The lowest BCUT2D eigenvalue weighted by Crippen LogP contribution is -2.47. The van der Waals surface area contributed by atoms with Crippen molar-refractivity contribution in [3.8, 4) is 0 Å². The molecule has 1 aliphatic rings. The Hall–Kier alpha value is -1.82. The summed E-state index contributed by atoms with van der Waals surface area (Å²) in [7, 11) is -3.02. The molecule has 1 amide bonds. The van der Waals surface area contributed by atoms with Crippen LogP contribution in [0.2, 0.25) is 0 Å². The van der Waals surface area contributed by atoms with E-state index < -0.39 is 15.4 Å². The summed E-state index contributed by atoms with van der Waals surface area (Å²) in [6.07, 6.45) is 2.56. The Bertz CT molecular complexity index is 794. The third-order valence-electron chi connectivity index (χ3n) is 3.97. The van der Waals surface area contributed by atoms with Gasteiger partial charge in [-0.25, -0.2) is 8.42 Å². The highest BCUT2D eigenvalue weighted by atomic mass is 32.2. The molecule has 2 heterocycles. The molecule has 0 saturated carbocycles. The second kappa shape index (κ2) is 4.87. The Morgan fingerprint density at radius 3 is 2.86 bits per heavy atom. The first-order valence-corrected chi connectivity index (χ1v) is 8.76. The number of carbonyl (C=O) groups excluding carboxylic acids is 1. The molecule has 1 saturated heterocycles. The van der Waals surface area contributed by atoms with Gasteiger partial charge in [0.05, 0.1) is 23.5 Å². The molecular formula is C15H18N2O3S. The van der Waals surface area contributed by atoms with E-state index >= 15 is 0 Å². The fourth-order valence-electron chi connectivity index (χ4n) is 2.94. The molecule has 1 fully saturated rings. The van der Waals surface area contributed by atoms with Gasteiger partial charge in [0.1, 0.15) is 0 Å². The van der Waals surface area contributed by atoms with Crippen molar-refractivity contribution in [3.05, 3.63) is 36.0 Å². The van der Waals surface area contributed by atoms with Gasteiger partial charge in [-0.1, -0.05) is 18.2 Å². The minimum absolute atomic E-state index is 0.0274. The van der Waals surface area contributed by atoms with Crippen LogP contribution in [0.5, 0.6) is 0 Å². The lowest BCUT2D eigenvalue weighted by molar-refractivity contribution is -0.121. The predicted molar refractivity (Wildman–Crippen MR) is 81.8 cm³/mol. The molecule has 1 unspecified atom stereocenters. The number of para-hydroxylation sites is 1. The maximum absolute atomic E-state index is 12.2. The van der Waals surface area contributed by atoms with E-state index in [1.165, 1.54) is 0 Å². The minimum Gasteiger partial charge on any atom is -0.361 e. The minimum atomic E-state index is -3.02. The van der Waals surface area contributed by atoms with Crippen molar-refractivity contribution in [1.29, 1.82) is 0 Å². The number of H-pyrrole nitrogens is 1. The van der Waals surface area contributed by atoms with Gasteiger partial charge in [-0.2, -0.15) is 0 Å². The summed E-state index contributed by atoms with van der Waals surface area (Å²) in [5.41, 5.74) is 1.28. The van der Waals surface area contributed by atoms with Crippen molar-refractivity contribution in [2.24, 2.45) is 0 Å². The molecule has 0 spiro atoms. The molecule has 0 aliphatic carbocycles. The largest absolute Gasteiger partial charge is 0.361 e. The average Bonchev–Trinajstić information content (AvgIpc) is 2.91. The van der Waals surface area contributed by atoms with Gasteiger partial charge in [-0.05, 0) is 25.0 Å². The van der Waals surface area contributed by atoms with Gasteiger partial charge in [0, 0.05) is 17.1 Å². The maximum Gasteiger partial charge on any atom is 0.224 e. The van der Waals surface area contributed by atoms with Crippen LogP contribution in [0.15, 0.2) is 30.5 Å². The highest BCUT2D eigenvalue weighted by molar-refractivity contribution is 7.91. The van der Waals surface area contributed by atoms with Crippen molar-refractivity contribution in [2.75, 3.05) is 11.5 Å². The van der Waals surface area contributed by atoms with Crippen molar-refractivity contribution in [1.82, 2.24) is 10.3 Å². The summed E-state index contributed by atoms with van der Waals surface area (Å²) in [6.45, 7) is 1.80. The number of sulfone groups is 1. The first kappa shape index (κ1) is 14.1. The van der Waals surface area contributed by atoms with E-state index in [0.29, 0.717) is 6.42 Å². The SMILES string of the molecule is CC1(NC(=O)Cc2c[nH]c3ccccc23)CCS(=O)(=O)C1. The number of carbonyl (C=O) groups is 1. The third-order valence-corrected chi connectivity index (χ3v) is 5.87. The quantitative estimate of drug-likeness (QED) is 0.899. The monoisotopic (exact) mass is 306 g/mol.